The fourth-order valence-corrected chi connectivity index (χ4v) is 3.70. The van der Waals surface area contributed by atoms with Crippen molar-refractivity contribution in [1.29, 1.82) is 0 Å². The van der Waals surface area contributed by atoms with Crippen molar-refractivity contribution >= 4 is 29.6 Å². The number of carboxylic acids is 1. The summed E-state index contributed by atoms with van der Waals surface area (Å²) in [6, 6.07) is -4.15. The number of nitrogens with one attached hydrogen (secondary N) is 2. The molecule has 0 aromatic carbocycles. The van der Waals surface area contributed by atoms with Crippen LogP contribution in [0.15, 0.2) is 0 Å². The van der Waals surface area contributed by atoms with Crippen LogP contribution in [0.25, 0.3) is 0 Å². The molecule has 12 nitrogen and oxygen atoms in total. The second kappa shape index (κ2) is 13.7. The molecule has 0 aromatic heterocycles. The number of nitrogens with two attached hydrogens (primary N) is 3. The summed E-state index contributed by atoms with van der Waals surface area (Å²) in [5.41, 5.74) is 16.6. The molecule has 0 aromatic rings. The molecule has 33 heavy (non-hydrogen) atoms. The number of unbranched alkanes of at least 4 members (excludes halogenated alkanes) is 1. The Hall–Kier alpha value is -2.73. The van der Waals surface area contributed by atoms with E-state index in [0.717, 1.165) is 0 Å². The van der Waals surface area contributed by atoms with Gasteiger partial charge in [0.1, 0.15) is 18.1 Å². The zero-order valence-electron chi connectivity index (χ0n) is 19.4. The van der Waals surface area contributed by atoms with E-state index in [4.69, 9.17) is 17.2 Å². The molecular formula is C21H38N6O6. The summed E-state index contributed by atoms with van der Waals surface area (Å²) in [6.45, 7) is 4.31. The summed E-state index contributed by atoms with van der Waals surface area (Å²) >= 11 is 0. The van der Waals surface area contributed by atoms with Gasteiger partial charge in [0.05, 0.1) is 12.5 Å². The zero-order chi connectivity index (χ0) is 25.1. The van der Waals surface area contributed by atoms with Gasteiger partial charge in [-0.05, 0) is 44.6 Å². The molecule has 188 valence electrons. The molecule has 0 saturated carbocycles. The lowest BCUT2D eigenvalue weighted by Crippen LogP contribution is -2.58. The number of rotatable bonds is 14. The highest BCUT2D eigenvalue weighted by atomic mass is 16.4. The Balaban J connectivity index is 2.93. The Morgan fingerprint density at radius 2 is 1.79 bits per heavy atom. The Morgan fingerprint density at radius 3 is 2.33 bits per heavy atom. The topological polar surface area (TPSA) is 211 Å². The average molecular weight is 471 g/mol. The molecule has 0 spiro atoms. The molecule has 5 atom stereocenters. The summed E-state index contributed by atoms with van der Waals surface area (Å²) in [5.74, 6) is -3.93. The smallest absolute Gasteiger partial charge is 0.326 e. The largest absolute Gasteiger partial charge is 0.480 e. The van der Waals surface area contributed by atoms with Crippen LogP contribution in [-0.2, 0) is 24.0 Å². The lowest BCUT2D eigenvalue weighted by atomic mass is 9.98. The molecule has 9 N–H and O–H groups in total. The van der Waals surface area contributed by atoms with E-state index < -0.39 is 60.2 Å². The van der Waals surface area contributed by atoms with Crippen LogP contribution in [0.2, 0.25) is 0 Å². The van der Waals surface area contributed by atoms with E-state index in [-0.39, 0.29) is 18.9 Å². The van der Waals surface area contributed by atoms with Crippen molar-refractivity contribution in [3.05, 3.63) is 0 Å². The van der Waals surface area contributed by atoms with Crippen molar-refractivity contribution in [2.75, 3.05) is 13.1 Å². The van der Waals surface area contributed by atoms with Crippen LogP contribution in [-0.4, -0.2) is 76.9 Å². The van der Waals surface area contributed by atoms with Crippen molar-refractivity contribution < 1.29 is 29.1 Å². The van der Waals surface area contributed by atoms with Crippen molar-refractivity contribution in [3.63, 3.8) is 0 Å². The second-order valence-electron chi connectivity index (χ2n) is 8.52. The lowest BCUT2D eigenvalue weighted by Gasteiger charge is -2.30. The molecular weight excluding hydrogens is 432 g/mol. The number of carbonyl (C=O) groups excluding carboxylic acids is 4. The average Bonchev–Trinajstić information content (AvgIpc) is 3.25. The third-order valence-electron chi connectivity index (χ3n) is 5.98. The summed E-state index contributed by atoms with van der Waals surface area (Å²) in [7, 11) is 0. The molecule has 1 heterocycles. The third-order valence-corrected chi connectivity index (χ3v) is 5.98. The first kappa shape index (κ1) is 28.3. The van der Waals surface area contributed by atoms with Gasteiger partial charge in [-0.1, -0.05) is 20.3 Å². The van der Waals surface area contributed by atoms with Crippen LogP contribution in [0.5, 0.6) is 0 Å². The van der Waals surface area contributed by atoms with E-state index in [1.54, 1.807) is 6.92 Å². The quantitative estimate of drug-likeness (QED) is 0.162. The lowest BCUT2D eigenvalue weighted by molar-refractivity contribution is -0.145. The SMILES string of the molecule is CCC(C)C(N)C(=O)NC(CC(N)=O)C(=O)N1CCCC1C(=O)NC(CCCCN)C(=O)O. The highest BCUT2D eigenvalue weighted by Crippen LogP contribution is 2.20. The fraction of sp³-hybridized carbons (Fsp3) is 0.762. The number of primary amides is 1. The number of hydrogen-bond donors (Lipinski definition) is 6. The van der Waals surface area contributed by atoms with Gasteiger partial charge in [0, 0.05) is 6.54 Å². The van der Waals surface area contributed by atoms with E-state index >= 15 is 0 Å². The first-order valence-corrected chi connectivity index (χ1v) is 11.4. The molecule has 1 aliphatic heterocycles. The molecule has 1 fully saturated rings. The van der Waals surface area contributed by atoms with Crippen LogP contribution in [0.4, 0.5) is 0 Å². The van der Waals surface area contributed by atoms with E-state index in [2.05, 4.69) is 10.6 Å². The Bertz CT molecular complexity index is 717. The molecule has 1 rings (SSSR count). The molecule has 1 saturated heterocycles. The van der Waals surface area contributed by atoms with Crippen molar-refractivity contribution in [3.8, 4) is 0 Å². The Labute approximate surface area is 194 Å². The highest BCUT2D eigenvalue weighted by molar-refractivity contribution is 5.96. The maximum atomic E-state index is 13.2. The molecule has 12 heteroatoms. The number of carboxylic acid groups (broad SMARTS) is 1. The van der Waals surface area contributed by atoms with Gasteiger partial charge < -0.3 is 37.8 Å². The van der Waals surface area contributed by atoms with Gasteiger partial charge in [0.25, 0.3) is 0 Å². The monoisotopic (exact) mass is 470 g/mol. The van der Waals surface area contributed by atoms with Crippen molar-refractivity contribution in [2.24, 2.45) is 23.1 Å². The first-order chi connectivity index (χ1) is 15.5. The number of hydrogen-bond acceptors (Lipinski definition) is 7. The molecule has 0 bridgehead atoms. The predicted molar refractivity (Wildman–Crippen MR) is 120 cm³/mol. The molecule has 4 amide bonds. The van der Waals surface area contributed by atoms with Gasteiger partial charge >= 0.3 is 5.97 Å². The Kier molecular flexibility index (Phi) is 11.8. The van der Waals surface area contributed by atoms with Gasteiger partial charge in [0.15, 0.2) is 0 Å². The van der Waals surface area contributed by atoms with Crippen molar-refractivity contribution in [1.82, 2.24) is 15.5 Å². The summed E-state index contributed by atoms with van der Waals surface area (Å²) in [6.07, 6.45) is 2.42. The summed E-state index contributed by atoms with van der Waals surface area (Å²) in [5, 5.41) is 14.4. The third kappa shape index (κ3) is 8.61. The zero-order valence-corrected chi connectivity index (χ0v) is 19.4. The Morgan fingerprint density at radius 1 is 1.12 bits per heavy atom. The maximum absolute atomic E-state index is 13.2. The van der Waals surface area contributed by atoms with Crippen LogP contribution in [0.3, 0.4) is 0 Å². The van der Waals surface area contributed by atoms with Gasteiger partial charge in [-0.15, -0.1) is 0 Å². The molecule has 0 radical (unpaired) electrons. The fourth-order valence-electron chi connectivity index (χ4n) is 3.70. The van der Waals surface area contributed by atoms with E-state index in [9.17, 15) is 29.1 Å². The van der Waals surface area contributed by atoms with Crippen LogP contribution >= 0.6 is 0 Å². The molecule has 1 aliphatic rings. The molecule has 5 unspecified atom stereocenters. The van der Waals surface area contributed by atoms with Gasteiger partial charge in [-0.25, -0.2) is 4.79 Å². The minimum atomic E-state index is -1.27. The van der Waals surface area contributed by atoms with Crippen LogP contribution in [0.1, 0.15) is 58.8 Å². The number of carbonyl (C=O) groups is 5. The normalized spacial score (nSPS) is 19.3. The van der Waals surface area contributed by atoms with Gasteiger partial charge in [-0.3, -0.25) is 19.2 Å². The minimum Gasteiger partial charge on any atom is -0.480 e. The summed E-state index contributed by atoms with van der Waals surface area (Å²) < 4.78 is 0. The maximum Gasteiger partial charge on any atom is 0.326 e. The second-order valence-corrected chi connectivity index (χ2v) is 8.52. The van der Waals surface area contributed by atoms with Gasteiger partial charge in [0.2, 0.25) is 23.6 Å². The van der Waals surface area contributed by atoms with E-state index in [0.29, 0.717) is 38.6 Å². The number of likely N-dealkylation sites (tertiary alicyclic amines) is 1. The molecule has 0 aliphatic carbocycles. The summed E-state index contributed by atoms with van der Waals surface area (Å²) in [4.78, 5) is 62.8. The van der Waals surface area contributed by atoms with Crippen LogP contribution < -0.4 is 27.8 Å². The number of nitrogens with zero attached hydrogens (tertiary/aromatic N) is 1. The first-order valence-electron chi connectivity index (χ1n) is 11.4. The predicted octanol–water partition coefficient (Wildman–Crippen LogP) is -1.59. The minimum absolute atomic E-state index is 0.146. The van der Waals surface area contributed by atoms with E-state index in [1.807, 2.05) is 6.92 Å². The van der Waals surface area contributed by atoms with Crippen LogP contribution in [0, 0.1) is 5.92 Å². The standard InChI is InChI=1S/C21H38N6O6/c1-3-12(2)17(24)19(30)26-14(11-16(23)28)20(31)27-10-6-8-15(27)18(29)25-13(21(32)33)7-4-5-9-22/h12-15,17H,3-11,22,24H2,1-2H3,(H2,23,28)(H,25,29)(H,26,30)(H,32,33). The number of amides is 4. The van der Waals surface area contributed by atoms with Gasteiger partial charge in [-0.2, -0.15) is 0 Å². The van der Waals surface area contributed by atoms with E-state index in [1.165, 1.54) is 4.90 Å². The number of aliphatic carboxylic acids is 1. The highest BCUT2D eigenvalue weighted by Gasteiger charge is 2.39. The van der Waals surface area contributed by atoms with Crippen molar-refractivity contribution in [2.45, 2.75) is 83.0 Å².